The zero-order valence-corrected chi connectivity index (χ0v) is 15.3. The maximum absolute atomic E-state index is 10.1. The van der Waals surface area contributed by atoms with Crippen molar-refractivity contribution in [1.29, 1.82) is 5.26 Å². The van der Waals surface area contributed by atoms with Gasteiger partial charge in [0.1, 0.15) is 6.07 Å². The number of hydrogen-bond donors (Lipinski definition) is 0. The number of hydrogen-bond acceptors (Lipinski definition) is 3. The molecule has 0 saturated carbocycles. The summed E-state index contributed by atoms with van der Waals surface area (Å²) in [6, 6.07) is 19.5. The van der Waals surface area contributed by atoms with E-state index >= 15 is 0 Å². The van der Waals surface area contributed by atoms with Gasteiger partial charge in [0.15, 0.2) is 0 Å². The fourth-order valence-corrected chi connectivity index (χ4v) is 4.57. The molecule has 0 atom stereocenters. The standard InChI is InChI=1S/C24H21N3/c25-16-21-23(27-13-4-5-14-27)15-20(17-7-2-1-3-8-17)18-10-11-22-19(24(18)21)9-6-12-26-22/h1-3,6-9,12,15H,4-5,10-11,13-14H2. The molecule has 3 aromatic rings. The van der Waals surface area contributed by atoms with E-state index in [9.17, 15) is 5.26 Å². The number of aryl methyl sites for hydroxylation is 1. The van der Waals surface area contributed by atoms with Gasteiger partial charge >= 0.3 is 0 Å². The lowest BCUT2D eigenvalue weighted by Gasteiger charge is -2.28. The monoisotopic (exact) mass is 351 g/mol. The van der Waals surface area contributed by atoms with Gasteiger partial charge in [-0.05, 0) is 54.5 Å². The molecule has 2 heterocycles. The Kier molecular flexibility index (Phi) is 3.90. The first kappa shape index (κ1) is 16.1. The van der Waals surface area contributed by atoms with Crippen molar-refractivity contribution in [2.24, 2.45) is 0 Å². The Labute approximate surface area is 159 Å². The maximum atomic E-state index is 10.1. The number of nitrogens with zero attached hydrogens (tertiary/aromatic N) is 3. The summed E-state index contributed by atoms with van der Waals surface area (Å²) >= 11 is 0. The minimum Gasteiger partial charge on any atom is -0.370 e. The fourth-order valence-electron chi connectivity index (χ4n) is 4.57. The Balaban J connectivity index is 1.84. The van der Waals surface area contributed by atoms with Crippen LogP contribution in [-0.2, 0) is 12.8 Å². The van der Waals surface area contributed by atoms with Gasteiger partial charge in [0, 0.05) is 36.1 Å². The van der Waals surface area contributed by atoms with E-state index in [0.29, 0.717) is 0 Å². The minimum atomic E-state index is 0.820. The van der Waals surface area contributed by atoms with E-state index in [-0.39, 0.29) is 0 Å². The first-order chi connectivity index (χ1) is 13.4. The van der Waals surface area contributed by atoms with Crippen molar-refractivity contribution in [3.05, 3.63) is 71.5 Å². The zero-order chi connectivity index (χ0) is 18.2. The van der Waals surface area contributed by atoms with E-state index in [0.717, 1.165) is 54.0 Å². The highest BCUT2D eigenvalue weighted by molar-refractivity contribution is 5.90. The Bertz CT molecular complexity index is 1040. The van der Waals surface area contributed by atoms with E-state index < -0.39 is 0 Å². The fraction of sp³-hybridized carbons (Fsp3) is 0.250. The summed E-state index contributed by atoms with van der Waals surface area (Å²) < 4.78 is 0. The van der Waals surface area contributed by atoms with Crippen LogP contribution in [-0.4, -0.2) is 18.1 Å². The molecule has 1 saturated heterocycles. The zero-order valence-electron chi connectivity index (χ0n) is 15.3. The second kappa shape index (κ2) is 6.55. The summed E-state index contributed by atoms with van der Waals surface area (Å²) in [7, 11) is 0. The molecule has 1 aliphatic heterocycles. The average molecular weight is 351 g/mol. The maximum Gasteiger partial charge on any atom is 0.102 e. The molecular formula is C24H21N3. The lowest BCUT2D eigenvalue weighted by molar-refractivity contribution is 0.893. The summed E-state index contributed by atoms with van der Waals surface area (Å²) in [5.41, 5.74) is 9.04. The number of nitriles is 1. The van der Waals surface area contributed by atoms with Crippen LogP contribution >= 0.6 is 0 Å². The lowest BCUT2D eigenvalue weighted by atomic mass is 9.80. The third-order valence-electron chi connectivity index (χ3n) is 5.83. The van der Waals surface area contributed by atoms with Crippen LogP contribution in [0.1, 0.15) is 29.7 Å². The topological polar surface area (TPSA) is 39.9 Å². The van der Waals surface area contributed by atoms with Gasteiger partial charge in [-0.1, -0.05) is 36.4 Å². The number of rotatable bonds is 2. The molecule has 1 fully saturated rings. The molecule has 0 bridgehead atoms. The predicted octanol–water partition coefficient (Wildman–Crippen LogP) is 4.99. The molecule has 0 spiro atoms. The van der Waals surface area contributed by atoms with Crippen LogP contribution in [0.3, 0.4) is 0 Å². The largest absolute Gasteiger partial charge is 0.370 e. The third kappa shape index (κ3) is 2.61. The van der Waals surface area contributed by atoms with Crippen molar-refractivity contribution < 1.29 is 0 Å². The highest BCUT2D eigenvalue weighted by Gasteiger charge is 2.28. The lowest BCUT2D eigenvalue weighted by Crippen LogP contribution is -2.20. The molecule has 27 heavy (non-hydrogen) atoms. The van der Waals surface area contributed by atoms with Crippen molar-refractivity contribution in [3.8, 4) is 28.3 Å². The van der Waals surface area contributed by atoms with Gasteiger partial charge in [0.25, 0.3) is 0 Å². The number of fused-ring (bicyclic) bond motifs is 3. The normalized spacial score (nSPS) is 15.1. The molecule has 2 aromatic carbocycles. The van der Waals surface area contributed by atoms with Gasteiger partial charge in [-0.15, -0.1) is 0 Å². The Morgan fingerprint density at radius 1 is 0.926 bits per heavy atom. The minimum absolute atomic E-state index is 0.820. The van der Waals surface area contributed by atoms with E-state index in [1.807, 2.05) is 12.3 Å². The number of benzene rings is 2. The SMILES string of the molecule is N#Cc1c(N2CCCC2)cc(-c2ccccc2)c2c1-c1cccnc1CC2. The van der Waals surface area contributed by atoms with Crippen LogP contribution in [0.15, 0.2) is 54.7 Å². The van der Waals surface area contributed by atoms with Crippen molar-refractivity contribution in [2.75, 3.05) is 18.0 Å². The van der Waals surface area contributed by atoms with Gasteiger partial charge in [0.05, 0.1) is 11.3 Å². The third-order valence-corrected chi connectivity index (χ3v) is 5.83. The molecule has 132 valence electrons. The van der Waals surface area contributed by atoms with E-state index in [4.69, 9.17) is 0 Å². The summed E-state index contributed by atoms with van der Waals surface area (Å²) in [6.45, 7) is 2.06. The molecule has 1 aliphatic carbocycles. The number of anilines is 1. The molecular weight excluding hydrogens is 330 g/mol. The first-order valence-electron chi connectivity index (χ1n) is 9.71. The average Bonchev–Trinajstić information content (AvgIpc) is 3.27. The van der Waals surface area contributed by atoms with Crippen LogP contribution in [0.4, 0.5) is 5.69 Å². The van der Waals surface area contributed by atoms with Crippen LogP contribution < -0.4 is 4.90 Å². The van der Waals surface area contributed by atoms with Crippen molar-refractivity contribution >= 4 is 5.69 Å². The van der Waals surface area contributed by atoms with Crippen LogP contribution in [0, 0.1) is 11.3 Å². The van der Waals surface area contributed by atoms with Gasteiger partial charge in [-0.2, -0.15) is 5.26 Å². The van der Waals surface area contributed by atoms with Crippen molar-refractivity contribution in [3.63, 3.8) is 0 Å². The summed E-state index contributed by atoms with van der Waals surface area (Å²) in [6.07, 6.45) is 6.11. The smallest absolute Gasteiger partial charge is 0.102 e. The van der Waals surface area contributed by atoms with Gasteiger partial charge in [-0.3, -0.25) is 4.98 Å². The second-order valence-corrected chi connectivity index (χ2v) is 7.34. The predicted molar refractivity (Wildman–Crippen MR) is 109 cm³/mol. The molecule has 3 heteroatoms. The summed E-state index contributed by atoms with van der Waals surface area (Å²) in [4.78, 5) is 6.98. The Morgan fingerprint density at radius 3 is 2.52 bits per heavy atom. The summed E-state index contributed by atoms with van der Waals surface area (Å²) in [5.74, 6) is 0. The molecule has 0 N–H and O–H groups in total. The first-order valence-corrected chi connectivity index (χ1v) is 9.71. The summed E-state index contributed by atoms with van der Waals surface area (Å²) in [5, 5.41) is 10.1. The molecule has 0 amide bonds. The quantitative estimate of drug-likeness (QED) is 0.653. The van der Waals surface area contributed by atoms with E-state index in [1.54, 1.807) is 0 Å². The van der Waals surface area contributed by atoms with Crippen molar-refractivity contribution in [2.45, 2.75) is 25.7 Å². The molecule has 1 aromatic heterocycles. The van der Waals surface area contributed by atoms with E-state index in [2.05, 4.69) is 58.4 Å². The highest BCUT2D eigenvalue weighted by Crippen LogP contribution is 2.44. The van der Waals surface area contributed by atoms with Gasteiger partial charge < -0.3 is 4.90 Å². The van der Waals surface area contributed by atoms with Crippen LogP contribution in [0.2, 0.25) is 0 Å². The van der Waals surface area contributed by atoms with Crippen LogP contribution in [0.5, 0.6) is 0 Å². The molecule has 0 unspecified atom stereocenters. The van der Waals surface area contributed by atoms with Gasteiger partial charge in [-0.25, -0.2) is 0 Å². The number of aromatic nitrogens is 1. The highest BCUT2D eigenvalue weighted by atomic mass is 15.1. The van der Waals surface area contributed by atoms with E-state index in [1.165, 1.54) is 29.5 Å². The Hall–Kier alpha value is -3.12. The molecule has 0 radical (unpaired) electrons. The molecule has 5 rings (SSSR count). The number of pyridine rings is 1. The van der Waals surface area contributed by atoms with Crippen LogP contribution in [0.25, 0.3) is 22.3 Å². The Morgan fingerprint density at radius 2 is 1.74 bits per heavy atom. The molecule has 3 nitrogen and oxygen atoms in total. The molecule has 2 aliphatic rings. The van der Waals surface area contributed by atoms with Crippen molar-refractivity contribution in [1.82, 2.24) is 4.98 Å². The second-order valence-electron chi connectivity index (χ2n) is 7.34. The van der Waals surface area contributed by atoms with Gasteiger partial charge in [0.2, 0.25) is 0 Å².